The first-order valence-electron chi connectivity index (χ1n) is 24.4. The van der Waals surface area contributed by atoms with Gasteiger partial charge < -0.3 is 97.7 Å². The molecular formula is C44H79N19O10. The minimum Gasteiger partial charge on any atom is -0.389 e. The van der Waals surface area contributed by atoms with Crippen LogP contribution < -0.4 is 82.7 Å². The van der Waals surface area contributed by atoms with Crippen LogP contribution in [0.5, 0.6) is 0 Å². The van der Waals surface area contributed by atoms with E-state index in [1.807, 2.05) is 0 Å². The predicted octanol–water partition coefficient (Wildman–Crippen LogP) is -7.44. The molecule has 1 aromatic heterocycles. The summed E-state index contributed by atoms with van der Waals surface area (Å²) in [6.07, 6.45) is 6.30. The van der Waals surface area contributed by atoms with Crippen LogP contribution in [0.3, 0.4) is 0 Å². The van der Waals surface area contributed by atoms with Crippen molar-refractivity contribution in [2.24, 2.45) is 45.1 Å². The lowest BCUT2D eigenvalue weighted by Gasteiger charge is -2.30. The Balaban J connectivity index is 2.20. The maximum atomic E-state index is 14.2. The molecule has 24 N–H and O–H groups in total. The van der Waals surface area contributed by atoms with Gasteiger partial charge in [0.15, 0.2) is 5.96 Å². The Labute approximate surface area is 424 Å². The van der Waals surface area contributed by atoms with Gasteiger partial charge in [-0.3, -0.25) is 48.1 Å². The van der Waals surface area contributed by atoms with Crippen LogP contribution >= 0.6 is 0 Å². The van der Waals surface area contributed by atoms with Crippen molar-refractivity contribution < 1.29 is 48.3 Å². The molecule has 1 aromatic rings. The van der Waals surface area contributed by atoms with Crippen molar-refractivity contribution in [2.75, 3.05) is 52.9 Å². The molecule has 8 atom stereocenters. The van der Waals surface area contributed by atoms with E-state index in [-0.39, 0.29) is 69.8 Å². The number of aliphatic imine (C=N–C) groups is 1. The molecule has 410 valence electrons. The fraction of sp³-hybridized carbons (Fsp3) is 0.659. The minimum absolute atomic E-state index is 0.0612. The topological polar surface area (TPSA) is 497 Å². The second-order valence-electron chi connectivity index (χ2n) is 17.4. The molecule has 0 aromatic carbocycles. The number of aliphatic hydroxyl groups excluding tert-OH is 1. The fourth-order valence-corrected chi connectivity index (χ4v) is 7.61. The van der Waals surface area contributed by atoms with E-state index in [0.717, 1.165) is 0 Å². The zero-order valence-corrected chi connectivity index (χ0v) is 41.8. The molecule has 1 fully saturated rings. The van der Waals surface area contributed by atoms with E-state index in [9.17, 15) is 48.3 Å². The Morgan fingerprint density at radius 3 is 2.03 bits per heavy atom. The van der Waals surface area contributed by atoms with Crippen molar-refractivity contribution in [1.29, 1.82) is 0 Å². The molecule has 0 spiro atoms. The van der Waals surface area contributed by atoms with E-state index in [0.29, 0.717) is 57.3 Å². The predicted molar refractivity (Wildman–Crippen MR) is 268 cm³/mol. The van der Waals surface area contributed by atoms with Crippen molar-refractivity contribution in [3.63, 3.8) is 0 Å². The first kappa shape index (κ1) is 62.3. The number of amides is 9. The Morgan fingerprint density at radius 1 is 0.795 bits per heavy atom. The van der Waals surface area contributed by atoms with Crippen LogP contribution in [0.25, 0.3) is 0 Å². The van der Waals surface area contributed by atoms with Crippen LogP contribution in [-0.2, 0) is 49.6 Å². The third-order valence-electron chi connectivity index (χ3n) is 11.6. The molecule has 1 aliphatic rings. The normalized spacial score (nSPS) is 16.3. The highest BCUT2D eigenvalue weighted by molar-refractivity contribution is 6.00. The van der Waals surface area contributed by atoms with Crippen LogP contribution in [0.15, 0.2) is 29.3 Å². The van der Waals surface area contributed by atoms with Gasteiger partial charge in [0.25, 0.3) is 5.91 Å². The number of rotatable bonds is 35. The number of hydrogen-bond acceptors (Lipinski definition) is 17. The van der Waals surface area contributed by atoms with E-state index < -0.39 is 115 Å². The van der Waals surface area contributed by atoms with Gasteiger partial charge in [0, 0.05) is 37.9 Å². The summed E-state index contributed by atoms with van der Waals surface area (Å²) in [4.78, 5) is 133. The van der Waals surface area contributed by atoms with Gasteiger partial charge in [-0.25, -0.2) is 4.98 Å². The first-order chi connectivity index (χ1) is 34.8. The fourth-order valence-electron chi connectivity index (χ4n) is 7.61. The lowest BCUT2D eigenvalue weighted by atomic mass is 10.1. The monoisotopic (exact) mass is 1030 g/mol. The largest absolute Gasteiger partial charge is 0.389 e. The highest BCUT2D eigenvalue weighted by Gasteiger charge is 2.40. The van der Waals surface area contributed by atoms with E-state index >= 15 is 0 Å². The summed E-state index contributed by atoms with van der Waals surface area (Å²) in [6, 6.07) is -8.31. The number of aliphatic hydroxyl groups is 1. The number of nitrogens with zero attached hydrogens (tertiary/aromatic N) is 3. The quantitative estimate of drug-likeness (QED) is 0.0130. The highest BCUT2D eigenvalue weighted by Crippen LogP contribution is 2.20. The summed E-state index contributed by atoms with van der Waals surface area (Å²) < 4.78 is 0. The summed E-state index contributed by atoms with van der Waals surface area (Å²) in [5, 5.41) is 31.1. The number of aromatic nitrogens is 2. The zero-order chi connectivity index (χ0) is 54.5. The standard InChI is InChI=1S/C44H79N19O10/c1-25(57-42(72)35(33(64)21-48)62-38(68)28(52-2)10-3-5-15-45)37(67)55-23-34(65)58-30(12-7-17-47)43(73)63-19-9-14-32(63)41(71)61-31(20-26-22-53-24-56-26)40(70)60-29(11-4-6-16-46)39(69)59-27(36(49)66)13-8-18-54-44(50)51/h13,22,24-25,28-33,35,52,64H,3-12,14-21,23,45-48H2,1-2H3,(H2,49,66)(H,53,56)(H,55,67)(H,57,72)(H,58,65)(H,59,69)(H,60,70)(H,61,71)(H,62,68)(H4,50,51,54)/b27-13-/t25?,28-,29-,30+,31-,32-,33-,35-/m0/s1. The maximum Gasteiger partial charge on any atom is 0.264 e. The molecule has 1 aliphatic heterocycles. The number of primary amides is 1. The molecule has 9 amide bonds. The number of carbonyl (C=O) groups is 9. The summed E-state index contributed by atoms with van der Waals surface area (Å²) in [5.74, 6) is -7.09. The number of nitrogens with one attached hydrogen (secondary N) is 9. The SMILES string of the molecule is CN[C@@H](CCCCN)C(=O)N[C@H](C(=O)NC(C)C(=O)NCC(=O)N[C@H](CCCN)C(=O)N1CCC[C@H]1C(=O)N[C@@H](Cc1cnc[nH]1)C(=O)N[C@@H](CCCCN)C(=O)N/C(=C\CCN=C(N)N)C(N)=O)[C@@H](O)CN. The van der Waals surface area contributed by atoms with Crippen LogP contribution in [0.4, 0.5) is 0 Å². The average molecular weight is 1030 g/mol. The van der Waals surface area contributed by atoms with Crippen molar-refractivity contribution in [3.05, 3.63) is 30.0 Å². The number of aromatic amines is 1. The molecule has 0 aliphatic carbocycles. The number of imidazole rings is 1. The molecular weight excluding hydrogens is 955 g/mol. The molecule has 0 bridgehead atoms. The number of likely N-dealkylation sites (N-methyl/N-ethyl adjacent to an activating group) is 1. The summed E-state index contributed by atoms with van der Waals surface area (Å²) in [7, 11) is 1.57. The first-order valence-corrected chi connectivity index (χ1v) is 24.4. The van der Waals surface area contributed by atoms with Gasteiger partial charge in [-0.05, 0) is 97.8 Å². The van der Waals surface area contributed by atoms with Gasteiger partial charge in [0.2, 0.25) is 47.3 Å². The smallest absolute Gasteiger partial charge is 0.264 e. The van der Waals surface area contributed by atoms with E-state index in [2.05, 4.69) is 57.5 Å². The summed E-state index contributed by atoms with van der Waals surface area (Å²) >= 11 is 0. The number of guanidine groups is 1. The van der Waals surface area contributed by atoms with Gasteiger partial charge in [0.05, 0.1) is 25.0 Å². The molecule has 29 heteroatoms. The lowest BCUT2D eigenvalue weighted by molar-refractivity contribution is -0.142. The zero-order valence-electron chi connectivity index (χ0n) is 41.8. The van der Waals surface area contributed by atoms with Gasteiger partial charge in [-0.2, -0.15) is 0 Å². The number of hydrogen-bond donors (Lipinski definition) is 17. The number of nitrogens with two attached hydrogens (primary N) is 7. The Kier molecular flexibility index (Phi) is 28.8. The van der Waals surface area contributed by atoms with Crippen LogP contribution in [0, 0.1) is 0 Å². The van der Waals surface area contributed by atoms with Crippen LogP contribution in [0.1, 0.15) is 83.2 Å². The van der Waals surface area contributed by atoms with E-state index in [1.165, 1.54) is 30.4 Å². The molecule has 2 rings (SSSR count). The Bertz CT molecular complexity index is 2020. The molecule has 73 heavy (non-hydrogen) atoms. The maximum absolute atomic E-state index is 14.2. The second-order valence-corrected chi connectivity index (χ2v) is 17.4. The lowest BCUT2D eigenvalue weighted by Crippen LogP contribution is -2.60. The summed E-state index contributed by atoms with van der Waals surface area (Å²) in [6.45, 7) is 1.39. The van der Waals surface area contributed by atoms with Gasteiger partial charge in [-0.15, -0.1) is 0 Å². The second kappa shape index (κ2) is 33.8. The average Bonchev–Trinajstić information content (AvgIpc) is 4.08. The van der Waals surface area contributed by atoms with Crippen molar-refractivity contribution in [2.45, 2.75) is 132 Å². The van der Waals surface area contributed by atoms with Gasteiger partial charge >= 0.3 is 0 Å². The summed E-state index contributed by atoms with van der Waals surface area (Å²) in [5.41, 5.74) is 39.0. The van der Waals surface area contributed by atoms with E-state index in [1.54, 1.807) is 7.05 Å². The Morgan fingerprint density at radius 2 is 1.44 bits per heavy atom. The number of H-pyrrole nitrogens is 1. The Hall–Kier alpha value is -6.79. The third kappa shape index (κ3) is 22.3. The van der Waals surface area contributed by atoms with Crippen molar-refractivity contribution in [1.82, 2.24) is 57.4 Å². The van der Waals surface area contributed by atoms with Crippen molar-refractivity contribution in [3.8, 4) is 0 Å². The van der Waals surface area contributed by atoms with Gasteiger partial charge in [-0.1, -0.05) is 12.5 Å². The molecule has 2 heterocycles. The third-order valence-corrected chi connectivity index (χ3v) is 11.6. The molecule has 29 nitrogen and oxygen atoms in total. The van der Waals surface area contributed by atoms with E-state index in [4.69, 9.17) is 40.1 Å². The number of likely N-dealkylation sites (tertiary alicyclic amines) is 1. The highest BCUT2D eigenvalue weighted by atomic mass is 16.3. The van der Waals surface area contributed by atoms with Crippen LogP contribution in [0.2, 0.25) is 0 Å². The number of unbranched alkanes of at least 4 members (excludes halogenated alkanes) is 2. The number of carbonyl (C=O) groups excluding carboxylic acids is 9. The molecule has 0 radical (unpaired) electrons. The van der Waals surface area contributed by atoms with Gasteiger partial charge in [0.1, 0.15) is 41.9 Å². The molecule has 1 saturated heterocycles. The van der Waals surface area contributed by atoms with Crippen molar-refractivity contribution >= 4 is 59.1 Å². The van der Waals surface area contributed by atoms with Crippen LogP contribution in [-0.4, -0.2) is 180 Å². The molecule has 0 saturated carbocycles. The minimum atomic E-state index is -1.52. The molecule has 1 unspecified atom stereocenters.